The van der Waals surface area contributed by atoms with Crippen molar-refractivity contribution in [2.45, 2.75) is 33.2 Å². The molecule has 1 saturated heterocycles. The fourth-order valence-electron chi connectivity index (χ4n) is 1.68. The molecule has 1 nitrogen and oxygen atoms in total. The minimum atomic E-state index is 0.500. The summed E-state index contributed by atoms with van der Waals surface area (Å²) in [5.41, 5.74) is 0.500. The summed E-state index contributed by atoms with van der Waals surface area (Å²) < 4.78 is 0. The first-order valence-corrected chi connectivity index (χ1v) is 6.00. The zero-order chi connectivity index (χ0) is 9.73. The lowest BCUT2D eigenvalue weighted by Gasteiger charge is -2.34. The van der Waals surface area contributed by atoms with Gasteiger partial charge >= 0.3 is 0 Å². The van der Waals surface area contributed by atoms with E-state index in [2.05, 4.69) is 42.8 Å². The van der Waals surface area contributed by atoms with E-state index in [9.17, 15) is 0 Å². The van der Waals surface area contributed by atoms with Gasteiger partial charge in [0.2, 0.25) is 0 Å². The summed E-state index contributed by atoms with van der Waals surface area (Å²) in [4.78, 5) is 0. The third-order valence-electron chi connectivity index (χ3n) is 2.27. The first-order chi connectivity index (χ1) is 6.14. The van der Waals surface area contributed by atoms with E-state index in [1.165, 1.54) is 17.9 Å². The molecule has 1 N–H and O–H groups in total. The molecule has 0 spiro atoms. The predicted octanol–water partition coefficient (Wildman–Crippen LogP) is 2.13. The minimum absolute atomic E-state index is 0.500. The maximum atomic E-state index is 3.48. The van der Waals surface area contributed by atoms with Crippen LogP contribution in [0.15, 0.2) is 0 Å². The van der Waals surface area contributed by atoms with E-state index in [1.54, 1.807) is 0 Å². The van der Waals surface area contributed by atoms with Crippen LogP contribution in [-0.2, 0) is 0 Å². The highest BCUT2D eigenvalue weighted by molar-refractivity contribution is 7.99. The van der Waals surface area contributed by atoms with E-state index in [0.717, 1.165) is 6.54 Å². The van der Waals surface area contributed by atoms with Crippen LogP contribution >= 0.6 is 11.8 Å². The van der Waals surface area contributed by atoms with Crippen molar-refractivity contribution in [2.24, 2.45) is 5.41 Å². The van der Waals surface area contributed by atoms with Crippen LogP contribution in [0, 0.1) is 17.3 Å². The molecular formula is C11H19NS. The van der Waals surface area contributed by atoms with E-state index in [1.807, 2.05) is 6.92 Å². The molecule has 0 bridgehead atoms. The van der Waals surface area contributed by atoms with Crippen molar-refractivity contribution in [2.75, 3.05) is 18.1 Å². The maximum absolute atomic E-state index is 3.48. The van der Waals surface area contributed by atoms with Crippen molar-refractivity contribution in [3.05, 3.63) is 0 Å². The highest BCUT2D eigenvalue weighted by atomic mass is 32.2. The molecule has 0 aliphatic carbocycles. The van der Waals surface area contributed by atoms with Gasteiger partial charge in [0.1, 0.15) is 0 Å². The van der Waals surface area contributed by atoms with Gasteiger partial charge in [-0.2, -0.15) is 11.8 Å². The molecule has 1 aliphatic rings. The Morgan fingerprint density at radius 3 is 2.92 bits per heavy atom. The number of rotatable bonds is 2. The second kappa shape index (κ2) is 4.93. The van der Waals surface area contributed by atoms with Crippen LogP contribution in [0.1, 0.15) is 27.2 Å². The van der Waals surface area contributed by atoms with Gasteiger partial charge in [0, 0.05) is 11.8 Å². The lowest BCUT2D eigenvalue weighted by atomic mass is 9.88. The Balaban J connectivity index is 2.29. The van der Waals surface area contributed by atoms with Crippen molar-refractivity contribution in [3.63, 3.8) is 0 Å². The zero-order valence-corrected chi connectivity index (χ0v) is 9.63. The Kier molecular flexibility index (Phi) is 4.15. The summed E-state index contributed by atoms with van der Waals surface area (Å²) in [6.07, 6.45) is 1.28. The molecule has 0 aromatic heterocycles. The SMILES string of the molecule is CC#CCNC1CSCC(C)(C)C1. The zero-order valence-electron chi connectivity index (χ0n) is 8.81. The smallest absolute Gasteiger partial charge is 0.0578 e. The van der Waals surface area contributed by atoms with E-state index in [0.29, 0.717) is 11.5 Å². The Hall–Kier alpha value is -0.130. The number of thioether (sulfide) groups is 1. The fraction of sp³-hybridized carbons (Fsp3) is 0.818. The standard InChI is InChI=1S/C11H19NS/c1-4-5-6-12-10-7-11(2,3)9-13-8-10/h10,12H,6-9H2,1-3H3. The van der Waals surface area contributed by atoms with Crippen LogP contribution in [0.5, 0.6) is 0 Å². The van der Waals surface area contributed by atoms with Crippen molar-refractivity contribution in [1.29, 1.82) is 0 Å². The molecule has 0 amide bonds. The Morgan fingerprint density at radius 2 is 2.31 bits per heavy atom. The largest absolute Gasteiger partial charge is 0.303 e. The summed E-state index contributed by atoms with van der Waals surface area (Å²) in [6.45, 7) is 7.43. The van der Waals surface area contributed by atoms with Gasteiger partial charge in [-0.25, -0.2) is 0 Å². The third-order valence-corrected chi connectivity index (χ3v) is 3.89. The van der Waals surface area contributed by atoms with Gasteiger partial charge in [0.15, 0.2) is 0 Å². The first kappa shape index (κ1) is 10.9. The fourth-order valence-corrected chi connectivity index (χ4v) is 2.99. The molecular weight excluding hydrogens is 178 g/mol. The monoisotopic (exact) mass is 197 g/mol. The Labute approximate surface area is 86.1 Å². The molecule has 0 radical (unpaired) electrons. The summed E-state index contributed by atoms with van der Waals surface area (Å²) in [7, 11) is 0. The van der Waals surface area contributed by atoms with Crippen molar-refractivity contribution in [3.8, 4) is 11.8 Å². The minimum Gasteiger partial charge on any atom is -0.303 e. The van der Waals surface area contributed by atoms with Gasteiger partial charge in [0.25, 0.3) is 0 Å². The molecule has 1 atom stereocenters. The van der Waals surface area contributed by atoms with Gasteiger partial charge in [-0.15, -0.1) is 5.92 Å². The molecule has 0 aromatic rings. The number of hydrogen-bond donors (Lipinski definition) is 1. The number of nitrogens with one attached hydrogen (secondary N) is 1. The van der Waals surface area contributed by atoms with E-state index < -0.39 is 0 Å². The summed E-state index contributed by atoms with van der Waals surface area (Å²) in [5.74, 6) is 8.50. The van der Waals surface area contributed by atoms with Crippen LogP contribution in [0.4, 0.5) is 0 Å². The Bertz CT molecular complexity index is 212. The van der Waals surface area contributed by atoms with Crippen LogP contribution in [0.25, 0.3) is 0 Å². The second-order valence-corrected chi connectivity index (χ2v) is 5.42. The van der Waals surface area contributed by atoms with Gasteiger partial charge in [-0.3, -0.25) is 0 Å². The Morgan fingerprint density at radius 1 is 1.54 bits per heavy atom. The molecule has 2 heteroatoms. The van der Waals surface area contributed by atoms with Crippen LogP contribution in [-0.4, -0.2) is 24.1 Å². The van der Waals surface area contributed by atoms with Crippen molar-refractivity contribution >= 4 is 11.8 Å². The van der Waals surface area contributed by atoms with E-state index in [-0.39, 0.29) is 0 Å². The lowest BCUT2D eigenvalue weighted by molar-refractivity contribution is 0.324. The average Bonchev–Trinajstić information content (AvgIpc) is 2.03. The number of hydrogen-bond acceptors (Lipinski definition) is 2. The first-order valence-electron chi connectivity index (χ1n) is 4.85. The summed E-state index contributed by atoms with van der Waals surface area (Å²) >= 11 is 2.06. The third kappa shape index (κ3) is 4.06. The lowest BCUT2D eigenvalue weighted by Crippen LogP contribution is -2.40. The van der Waals surface area contributed by atoms with Crippen LogP contribution < -0.4 is 5.32 Å². The topological polar surface area (TPSA) is 12.0 Å². The molecule has 1 fully saturated rings. The second-order valence-electron chi connectivity index (χ2n) is 4.39. The molecule has 0 aromatic carbocycles. The van der Waals surface area contributed by atoms with Gasteiger partial charge in [0.05, 0.1) is 6.54 Å². The predicted molar refractivity (Wildman–Crippen MR) is 61.0 cm³/mol. The highest BCUT2D eigenvalue weighted by Crippen LogP contribution is 2.33. The van der Waals surface area contributed by atoms with Crippen LogP contribution in [0.2, 0.25) is 0 Å². The molecule has 1 aliphatic heterocycles. The van der Waals surface area contributed by atoms with Gasteiger partial charge < -0.3 is 5.32 Å². The molecule has 0 saturated carbocycles. The molecule has 74 valence electrons. The van der Waals surface area contributed by atoms with Gasteiger partial charge in [-0.05, 0) is 24.5 Å². The average molecular weight is 197 g/mol. The summed E-state index contributed by atoms with van der Waals surface area (Å²) in [6, 6.07) is 0.662. The maximum Gasteiger partial charge on any atom is 0.0578 e. The molecule has 13 heavy (non-hydrogen) atoms. The van der Waals surface area contributed by atoms with E-state index >= 15 is 0 Å². The highest BCUT2D eigenvalue weighted by Gasteiger charge is 2.27. The molecule has 1 heterocycles. The van der Waals surface area contributed by atoms with Crippen molar-refractivity contribution < 1.29 is 0 Å². The van der Waals surface area contributed by atoms with Crippen LogP contribution in [0.3, 0.4) is 0 Å². The quantitative estimate of drug-likeness (QED) is 0.681. The van der Waals surface area contributed by atoms with Gasteiger partial charge in [-0.1, -0.05) is 19.8 Å². The summed E-state index contributed by atoms with van der Waals surface area (Å²) in [5, 5.41) is 3.48. The molecule has 1 rings (SSSR count). The van der Waals surface area contributed by atoms with Crippen molar-refractivity contribution in [1.82, 2.24) is 5.32 Å². The molecule has 1 unspecified atom stereocenters. The normalized spacial score (nSPS) is 26.2. The van der Waals surface area contributed by atoms with E-state index in [4.69, 9.17) is 0 Å².